The minimum atomic E-state index is -0.592. The molecule has 0 bridgehead atoms. The third kappa shape index (κ3) is 1.78. The van der Waals surface area contributed by atoms with Crippen LogP contribution in [0.25, 0.3) is 33.7 Å². The number of furan rings is 1. The number of aryl methyl sites for hydroxylation is 1. The van der Waals surface area contributed by atoms with Crippen molar-refractivity contribution >= 4 is 22.1 Å². The van der Waals surface area contributed by atoms with E-state index in [0.29, 0.717) is 11.6 Å². The summed E-state index contributed by atoms with van der Waals surface area (Å²) in [5, 5.41) is 0.952. The van der Waals surface area contributed by atoms with Crippen molar-refractivity contribution in [3.63, 3.8) is 0 Å². The lowest BCUT2D eigenvalue weighted by atomic mass is 10.2. The molecule has 0 radical (unpaired) electrons. The summed E-state index contributed by atoms with van der Waals surface area (Å²) >= 11 is 0. The van der Waals surface area contributed by atoms with Crippen LogP contribution in [0.3, 0.4) is 0 Å². The molecule has 0 atom stereocenters. The number of aromatic nitrogens is 4. The van der Waals surface area contributed by atoms with Crippen molar-refractivity contribution in [3.05, 3.63) is 50.7 Å². The summed E-state index contributed by atoms with van der Waals surface area (Å²) in [7, 11) is 0. The molecule has 7 nitrogen and oxygen atoms in total. The maximum absolute atomic E-state index is 11.7. The quantitative estimate of drug-likeness (QED) is 0.493. The molecule has 0 fully saturated rings. The Kier molecular flexibility index (Phi) is 2.20. The van der Waals surface area contributed by atoms with Gasteiger partial charge in [0.05, 0.1) is 0 Å². The molecule has 0 amide bonds. The fourth-order valence-electron chi connectivity index (χ4n) is 2.33. The van der Waals surface area contributed by atoms with Crippen molar-refractivity contribution in [2.75, 3.05) is 0 Å². The Morgan fingerprint density at radius 1 is 1.10 bits per heavy atom. The number of H-pyrrole nitrogens is 3. The van der Waals surface area contributed by atoms with Crippen LogP contribution in [0.2, 0.25) is 0 Å². The molecule has 0 unspecified atom stereocenters. The average Bonchev–Trinajstić information content (AvgIpc) is 3.01. The van der Waals surface area contributed by atoms with Crippen molar-refractivity contribution in [2.45, 2.75) is 6.92 Å². The van der Waals surface area contributed by atoms with Crippen molar-refractivity contribution < 1.29 is 4.42 Å². The summed E-state index contributed by atoms with van der Waals surface area (Å²) in [6.45, 7) is 2.00. The zero-order valence-electron chi connectivity index (χ0n) is 11.0. The first-order chi connectivity index (χ1) is 10.1. The Balaban J connectivity index is 1.97. The van der Waals surface area contributed by atoms with Gasteiger partial charge in [-0.05, 0) is 25.1 Å². The molecule has 104 valence electrons. The summed E-state index contributed by atoms with van der Waals surface area (Å²) < 4.78 is 5.71. The van der Waals surface area contributed by atoms with Gasteiger partial charge in [-0.15, -0.1) is 0 Å². The molecular formula is C14H10N4O3. The van der Waals surface area contributed by atoms with Gasteiger partial charge >= 0.3 is 5.69 Å². The summed E-state index contributed by atoms with van der Waals surface area (Å²) in [5.41, 5.74) is 1.17. The number of imidazole rings is 1. The summed E-state index contributed by atoms with van der Waals surface area (Å²) in [6, 6.07) is 7.67. The van der Waals surface area contributed by atoms with Gasteiger partial charge in [-0.3, -0.25) is 14.8 Å². The Morgan fingerprint density at radius 3 is 2.81 bits per heavy atom. The molecule has 0 spiro atoms. The van der Waals surface area contributed by atoms with Crippen LogP contribution in [-0.2, 0) is 0 Å². The Hall–Kier alpha value is -3.09. The number of fused-ring (bicyclic) bond motifs is 2. The lowest BCUT2D eigenvalue weighted by molar-refractivity contribution is 0.626. The molecule has 3 aromatic heterocycles. The van der Waals surface area contributed by atoms with E-state index in [-0.39, 0.29) is 11.2 Å². The maximum Gasteiger partial charge on any atom is 0.327 e. The Bertz CT molecular complexity index is 1100. The number of rotatable bonds is 1. The molecule has 0 saturated heterocycles. The lowest BCUT2D eigenvalue weighted by Crippen LogP contribution is -2.21. The van der Waals surface area contributed by atoms with Crippen molar-refractivity contribution in [1.29, 1.82) is 0 Å². The van der Waals surface area contributed by atoms with E-state index < -0.39 is 11.2 Å². The molecule has 4 aromatic rings. The molecule has 21 heavy (non-hydrogen) atoms. The SMILES string of the molecule is Cc1ccc2oc(-c3nc4[nH]c(=O)[nH]c(=O)c4[nH]3)cc2c1. The van der Waals surface area contributed by atoms with Gasteiger partial charge in [0.25, 0.3) is 5.56 Å². The van der Waals surface area contributed by atoms with Gasteiger partial charge in [0.15, 0.2) is 17.2 Å². The molecule has 0 aliphatic heterocycles. The van der Waals surface area contributed by atoms with E-state index >= 15 is 0 Å². The normalized spacial score (nSPS) is 11.5. The van der Waals surface area contributed by atoms with Crippen LogP contribution in [0.5, 0.6) is 0 Å². The van der Waals surface area contributed by atoms with Crippen molar-refractivity contribution in [2.24, 2.45) is 0 Å². The zero-order valence-corrected chi connectivity index (χ0v) is 11.0. The highest BCUT2D eigenvalue weighted by Crippen LogP contribution is 2.27. The molecule has 0 saturated carbocycles. The molecular weight excluding hydrogens is 272 g/mol. The highest BCUT2D eigenvalue weighted by Gasteiger charge is 2.13. The first-order valence-electron chi connectivity index (χ1n) is 6.33. The molecule has 7 heteroatoms. The van der Waals surface area contributed by atoms with Gasteiger partial charge in [0.2, 0.25) is 0 Å². The molecule has 3 N–H and O–H groups in total. The first-order valence-corrected chi connectivity index (χ1v) is 6.33. The highest BCUT2D eigenvalue weighted by atomic mass is 16.3. The predicted molar refractivity (Wildman–Crippen MR) is 77.3 cm³/mol. The van der Waals surface area contributed by atoms with Crippen LogP contribution in [-0.4, -0.2) is 19.9 Å². The Morgan fingerprint density at radius 2 is 1.95 bits per heavy atom. The number of aromatic amines is 3. The third-order valence-electron chi connectivity index (χ3n) is 3.30. The third-order valence-corrected chi connectivity index (χ3v) is 3.30. The fourth-order valence-corrected chi connectivity index (χ4v) is 2.33. The van der Waals surface area contributed by atoms with E-state index in [1.807, 2.05) is 31.2 Å². The molecule has 0 aliphatic rings. The monoisotopic (exact) mass is 282 g/mol. The summed E-state index contributed by atoms with van der Waals surface area (Å²) in [5.74, 6) is 0.901. The summed E-state index contributed by atoms with van der Waals surface area (Å²) in [6.07, 6.45) is 0. The second-order valence-electron chi connectivity index (χ2n) is 4.87. The number of benzene rings is 1. The average molecular weight is 282 g/mol. The predicted octanol–water partition coefficient (Wildman–Crippen LogP) is 1.66. The molecule has 1 aromatic carbocycles. The van der Waals surface area contributed by atoms with Gasteiger partial charge in [-0.2, -0.15) is 0 Å². The van der Waals surface area contributed by atoms with Gasteiger partial charge < -0.3 is 9.40 Å². The van der Waals surface area contributed by atoms with E-state index in [2.05, 4.69) is 19.9 Å². The van der Waals surface area contributed by atoms with Gasteiger partial charge in [0, 0.05) is 5.39 Å². The molecule has 3 heterocycles. The van der Waals surface area contributed by atoms with E-state index in [1.54, 1.807) is 0 Å². The topological polar surface area (TPSA) is 108 Å². The van der Waals surface area contributed by atoms with Crippen molar-refractivity contribution in [1.82, 2.24) is 19.9 Å². The number of nitrogens with one attached hydrogen (secondary N) is 3. The number of nitrogens with zero attached hydrogens (tertiary/aromatic N) is 1. The highest BCUT2D eigenvalue weighted by molar-refractivity contribution is 5.83. The second kappa shape index (κ2) is 3.95. The van der Waals surface area contributed by atoms with E-state index in [1.165, 1.54) is 0 Å². The largest absolute Gasteiger partial charge is 0.453 e. The van der Waals surface area contributed by atoms with Crippen LogP contribution in [0.1, 0.15) is 5.56 Å². The van der Waals surface area contributed by atoms with Gasteiger partial charge in [-0.25, -0.2) is 9.78 Å². The lowest BCUT2D eigenvalue weighted by Gasteiger charge is -1.89. The second-order valence-corrected chi connectivity index (χ2v) is 4.87. The smallest absolute Gasteiger partial charge is 0.327 e. The first kappa shape index (κ1) is 11.7. The molecule has 0 aliphatic carbocycles. The number of hydrogen-bond donors (Lipinski definition) is 3. The fraction of sp³-hybridized carbons (Fsp3) is 0.0714. The minimum Gasteiger partial charge on any atom is -0.453 e. The van der Waals surface area contributed by atoms with Crippen LogP contribution in [0.15, 0.2) is 38.3 Å². The van der Waals surface area contributed by atoms with Crippen LogP contribution in [0.4, 0.5) is 0 Å². The van der Waals surface area contributed by atoms with Gasteiger partial charge in [0.1, 0.15) is 11.1 Å². The number of hydrogen-bond acceptors (Lipinski definition) is 4. The summed E-state index contributed by atoms with van der Waals surface area (Å²) in [4.78, 5) is 34.6. The minimum absolute atomic E-state index is 0.204. The van der Waals surface area contributed by atoms with Crippen LogP contribution in [0, 0.1) is 6.92 Å². The van der Waals surface area contributed by atoms with Crippen LogP contribution >= 0.6 is 0 Å². The zero-order chi connectivity index (χ0) is 14.6. The standard InChI is InChI=1S/C14H10N4O3/c1-6-2-3-8-7(4-6)5-9(21-8)11-15-10-12(16-11)17-14(20)18-13(10)19/h2-5H,1H3,(H3,15,16,17,18,19,20). The maximum atomic E-state index is 11.7. The van der Waals surface area contributed by atoms with Crippen LogP contribution < -0.4 is 11.2 Å². The van der Waals surface area contributed by atoms with Crippen molar-refractivity contribution in [3.8, 4) is 11.6 Å². The van der Waals surface area contributed by atoms with E-state index in [9.17, 15) is 9.59 Å². The van der Waals surface area contributed by atoms with E-state index in [4.69, 9.17) is 4.42 Å². The molecule has 4 rings (SSSR count). The van der Waals surface area contributed by atoms with E-state index in [0.717, 1.165) is 16.5 Å². The van der Waals surface area contributed by atoms with Gasteiger partial charge in [-0.1, -0.05) is 11.6 Å². The Labute approximate surface area is 116 Å².